The van der Waals surface area contributed by atoms with E-state index in [4.69, 9.17) is 4.74 Å². The van der Waals surface area contributed by atoms with Crippen LogP contribution < -0.4 is 5.32 Å². The maximum absolute atomic E-state index is 13.1. The summed E-state index contributed by atoms with van der Waals surface area (Å²) in [6.45, 7) is 6.44. The molecule has 0 aromatic rings. The number of aliphatic hydroxyl groups is 2. The molecule has 0 rings (SSSR count). The van der Waals surface area contributed by atoms with Crippen molar-refractivity contribution in [1.82, 2.24) is 5.32 Å². The number of carbonyl (C=O) groups excluding carboxylic acids is 2. The van der Waals surface area contributed by atoms with Gasteiger partial charge in [-0.15, -0.1) is 0 Å². The monoisotopic (exact) mass is 778 g/mol. The van der Waals surface area contributed by atoms with Gasteiger partial charge >= 0.3 is 5.97 Å². The third-order valence-electron chi connectivity index (χ3n) is 11.3. The average Bonchev–Trinajstić information content (AvgIpc) is 3.18. The van der Waals surface area contributed by atoms with E-state index in [1.807, 2.05) is 0 Å². The second-order valence-corrected chi connectivity index (χ2v) is 16.9. The van der Waals surface area contributed by atoms with Crippen LogP contribution in [0.25, 0.3) is 0 Å². The van der Waals surface area contributed by atoms with E-state index in [2.05, 4.69) is 38.2 Å². The van der Waals surface area contributed by atoms with Crippen LogP contribution in [0.5, 0.6) is 0 Å². The number of amides is 1. The standard InChI is InChI=1S/C49H95NO5/c1-4-7-10-13-16-18-20-21-22-23-24-25-26-27-28-30-33-36-39-42-49(54)55-45(40-37-34-31-15-12-9-6-3)43-48(53)50-46(44-51)47(52)41-38-35-32-29-19-17-14-11-8-5-2/h21-22,45-47,51-52H,4-20,23-44H2,1-3H3,(H,50,53)/b22-21+. The molecule has 0 aliphatic heterocycles. The number of nitrogens with one attached hydrogen (secondary N) is 1. The lowest BCUT2D eigenvalue weighted by Gasteiger charge is -2.24. The molecular formula is C49H95NO5. The molecule has 55 heavy (non-hydrogen) atoms. The van der Waals surface area contributed by atoms with Gasteiger partial charge in [0.05, 0.1) is 25.2 Å². The average molecular weight is 778 g/mol. The van der Waals surface area contributed by atoms with Crippen molar-refractivity contribution in [2.75, 3.05) is 6.61 Å². The molecule has 6 nitrogen and oxygen atoms in total. The summed E-state index contributed by atoms with van der Waals surface area (Å²) in [5.41, 5.74) is 0. The molecule has 0 bridgehead atoms. The Bertz CT molecular complexity index is 832. The van der Waals surface area contributed by atoms with E-state index in [1.165, 1.54) is 173 Å². The Morgan fingerprint density at radius 2 is 0.873 bits per heavy atom. The van der Waals surface area contributed by atoms with Crippen LogP contribution in [0.2, 0.25) is 0 Å². The first-order valence-electron chi connectivity index (χ1n) is 24.4. The zero-order chi connectivity index (χ0) is 40.3. The predicted molar refractivity (Wildman–Crippen MR) is 237 cm³/mol. The van der Waals surface area contributed by atoms with Gasteiger partial charge in [0.1, 0.15) is 6.10 Å². The molecule has 3 unspecified atom stereocenters. The molecule has 3 N–H and O–H groups in total. The fraction of sp³-hybridized carbons (Fsp3) is 0.918. The van der Waals surface area contributed by atoms with Crippen LogP contribution in [0.1, 0.15) is 265 Å². The highest BCUT2D eigenvalue weighted by atomic mass is 16.5. The molecule has 3 atom stereocenters. The molecule has 1 amide bonds. The second-order valence-electron chi connectivity index (χ2n) is 16.9. The number of rotatable bonds is 44. The number of hydrogen-bond donors (Lipinski definition) is 3. The zero-order valence-corrected chi connectivity index (χ0v) is 37.1. The highest BCUT2D eigenvalue weighted by molar-refractivity contribution is 5.77. The van der Waals surface area contributed by atoms with Gasteiger partial charge in [-0.2, -0.15) is 0 Å². The van der Waals surface area contributed by atoms with Crippen LogP contribution in [0.15, 0.2) is 12.2 Å². The number of esters is 1. The molecule has 0 heterocycles. The van der Waals surface area contributed by atoms with Crippen molar-refractivity contribution in [2.45, 2.75) is 283 Å². The first-order chi connectivity index (χ1) is 27.0. The number of allylic oxidation sites excluding steroid dienone is 2. The van der Waals surface area contributed by atoms with Crippen molar-refractivity contribution in [1.29, 1.82) is 0 Å². The Labute approximate surface area is 342 Å². The summed E-state index contributed by atoms with van der Waals surface area (Å²) < 4.78 is 5.89. The lowest BCUT2D eigenvalue weighted by atomic mass is 10.0. The summed E-state index contributed by atoms with van der Waals surface area (Å²) >= 11 is 0. The van der Waals surface area contributed by atoms with Crippen LogP contribution in [-0.4, -0.2) is 46.9 Å². The van der Waals surface area contributed by atoms with E-state index in [1.54, 1.807) is 0 Å². The van der Waals surface area contributed by atoms with Crippen LogP contribution in [0.3, 0.4) is 0 Å². The van der Waals surface area contributed by atoms with Gasteiger partial charge in [0.25, 0.3) is 0 Å². The molecule has 0 saturated heterocycles. The first-order valence-corrected chi connectivity index (χ1v) is 24.4. The largest absolute Gasteiger partial charge is 0.462 e. The Morgan fingerprint density at radius 3 is 1.29 bits per heavy atom. The molecule has 0 aliphatic rings. The molecule has 0 fully saturated rings. The minimum absolute atomic E-state index is 0.0819. The number of unbranched alkanes of at least 4 members (excludes halogenated alkanes) is 30. The van der Waals surface area contributed by atoms with Crippen molar-refractivity contribution in [3.63, 3.8) is 0 Å². The smallest absolute Gasteiger partial charge is 0.306 e. The number of aliphatic hydroxyl groups excluding tert-OH is 2. The Kier molecular flexibility index (Phi) is 42.6. The summed E-state index contributed by atoms with van der Waals surface area (Å²) in [5.74, 6) is -0.469. The Hall–Kier alpha value is -1.40. The minimum atomic E-state index is -0.779. The predicted octanol–water partition coefficient (Wildman–Crippen LogP) is 14.2. The zero-order valence-electron chi connectivity index (χ0n) is 37.1. The molecule has 0 aromatic carbocycles. The summed E-state index contributed by atoms with van der Waals surface area (Å²) in [5, 5.41) is 23.6. The van der Waals surface area contributed by atoms with Gasteiger partial charge < -0.3 is 20.3 Å². The van der Waals surface area contributed by atoms with Crippen molar-refractivity contribution in [3.8, 4) is 0 Å². The first kappa shape index (κ1) is 53.6. The van der Waals surface area contributed by atoms with Gasteiger partial charge in [-0.3, -0.25) is 9.59 Å². The lowest BCUT2D eigenvalue weighted by molar-refractivity contribution is -0.151. The Balaban J connectivity index is 4.31. The molecule has 0 aromatic heterocycles. The minimum Gasteiger partial charge on any atom is -0.462 e. The molecule has 326 valence electrons. The van der Waals surface area contributed by atoms with E-state index in [-0.39, 0.29) is 24.9 Å². The van der Waals surface area contributed by atoms with Gasteiger partial charge in [0, 0.05) is 6.42 Å². The molecule has 0 spiro atoms. The van der Waals surface area contributed by atoms with Gasteiger partial charge in [-0.1, -0.05) is 213 Å². The van der Waals surface area contributed by atoms with E-state index < -0.39 is 18.2 Å². The SMILES string of the molecule is CCCCCCCC/C=C/CCCCCCCCCCCC(=O)OC(CCCCCCCCC)CC(=O)NC(CO)C(O)CCCCCCCCCCCC. The van der Waals surface area contributed by atoms with E-state index in [0.29, 0.717) is 19.3 Å². The number of ether oxygens (including phenoxy) is 1. The van der Waals surface area contributed by atoms with Crippen LogP contribution in [0, 0.1) is 0 Å². The third-order valence-corrected chi connectivity index (χ3v) is 11.3. The van der Waals surface area contributed by atoms with E-state index in [0.717, 1.165) is 44.9 Å². The lowest BCUT2D eigenvalue weighted by Crippen LogP contribution is -2.46. The van der Waals surface area contributed by atoms with Crippen LogP contribution >= 0.6 is 0 Å². The summed E-state index contributed by atoms with van der Waals surface area (Å²) in [7, 11) is 0. The molecule has 0 saturated carbocycles. The third kappa shape index (κ3) is 39.2. The number of hydrogen-bond acceptors (Lipinski definition) is 5. The van der Waals surface area contributed by atoms with Crippen LogP contribution in [0.4, 0.5) is 0 Å². The second kappa shape index (κ2) is 43.7. The number of carbonyl (C=O) groups is 2. The highest BCUT2D eigenvalue weighted by Gasteiger charge is 2.24. The van der Waals surface area contributed by atoms with Gasteiger partial charge in [-0.25, -0.2) is 0 Å². The van der Waals surface area contributed by atoms with E-state index in [9.17, 15) is 19.8 Å². The summed E-state index contributed by atoms with van der Waals surface area (Å²) in [4.78, 5) is 25.9. The highest BCUT2D eigenvalue weighted by Crippen LogP contribution is 2.18. The van der Waals surface area contributed by atoms with Crippen molar-refractivity contribution in [3.05, 3.63) is 12.2 Å². The molecule has 6 heteroatoms. The maximum atomic E-state index is 13.1. The van der Waals surface area contributed by atoms with Crippen molar-refractivity contribution < 1.29 is 24.5 Å². The van der Waals surface area contributed by atoms with Gasteiger partial charge in [-0.05, 0) is 51.4 Å². The van der Waals surface area contributed by atoms with Crippen molar-refractivity contribution >= 4 is 11.9 Å². The fourth-order valence-corrected chi connectivity index (χ4v) is 7.60. The fourth-order valence-electron chi connectivity index (χ4n) is 7.60. The van der Waals surface area contributed by atoms with E-state index >= 15 is 0 Å². The Morgan fingerprint density at radius 1 is 0.509 bits per heavy atom. The molecule has 0 radical (unpaired) electrons. The maximum Gasteiger partial charge on any atom is 0.306 e. The molecular weight excluding hydrogens is 683 g/mol. The summed E-state index contributed by atoms with van der Waals surface area (Å²) in [6.07, 6.45) is 47.2. The van der Waals surface area contributed by atoms with Crippen LogP contribution in [-0.2, 0) is 14.3 Å². The topological polar surface area (TPSA) is 95.9 Å². The van der Waals surface area contributed by atoms with Crippen molar-refractivity contribution in [2.24, 2.45) is 0 Å². The summed E-state index contributed by atoms with van der Waals surface area (Å²) in [6, 6.07) is -0.692. The van der Waals surface area contributed by atoms with Gasteiger partial charge in [0.15, 0.2) is 0 Å². The quantitative estimate of drug-likeness (QED) is 0.0325. The van der Waals surface area contributed by atoms with Gasteiger partial charge in [0.2, 0.25) is 5.91 Å². The normalized spacial score (nSPS) is 13.3. The molecule has 0 aliphatic carbocycles.